The van der Waals surface area contributed by atoms with Crippen LogP contribution < -0.4 is 0 Å². The van der Waals surface area contributed by atoms with Gasteiger partial charge in [0.05, 0.1) is 0 Å². The maximum absolute atomic E-state index is 3.45. The molecule has 0 fully saturated rings. The number of aryl methyl sites for hydroxylation is 1. The standard InChI is InChI=1S/C12H17BrS/c1-11-5-7-12(8-6-11)14-10-4-2-3-9-13/h5-8H,2-4,9-10H2,1H3. The predicted octanol–water partition coefficient (Wildman–Crippen LogP) is 4.65. The van der Waals surface area contributed by atoms with Crippen LogP contribution in [0.1, 0.15) is 24.8 Å². The summed E-state index contributed by atoms with van der Waals surface area (Å²) < 4.78 is 0. The molecule has 0 N–H and O–H groups in total. The fourth-order valence-electron chi connectivity index (χ4n) is 1.20. The third-order valence-corrected chi connectivity index (χ3v) is 3.73. The van der Waals surface area contributed by atoms with Gasteiger partial charge in [-0.3, -0.25) is 0 Å². The Morgan fingerprint density at radius 3 is 2.43 bits per heavy atom. The Bertz CT molecular complexity index is 243. The van der Waals surface area contributed by atoms with Crippen LogP contribution >= 0.6 is 27.7 Å². The summed E-state index contributed by atoms with van der Waals surface area (Å²) in [6.07, 6.45) is 3.96. The number of benzene rings is 1. The summed E-state index contributed by atoms with van der Waals surface area (Å²) >= 11 is 5.41. The molecular weight excluding hydrogens is 256 g/mol. The topological polar surface area (TPSA) is 0 Å². The molecule has 0 heterocycles. The van der Waals surface area contributed by atoms with E-state index < -0.39 is 0 Å². The van der Waals surface area contributed by atoms with E-state index in [0.717, 1.165) is 5.33 Å². The van der Waals surface area contributed by atoms with E-state index in [-0.39, 0.29) is 0 Å². The molecule has 0 atom stereocenters. The zero-order chi connectivity index (χ0) is 10.2. The van der Waals surface area contributed by atoms with Crippen molar-refractivity contribution in [3.8, 4) is 0 Å². The monoisotopic (exact) mass is 272 g/mol. The van der Waals surface area contributed by atoms with E-state index in [1.54, 1.807) is 0 Å². The van der Waals surface area contributed by atoms with E-state index in [4.69, 9.17) is 0 Å². The van der Waals surface area contributed by atoms with Gasteiger partial charge < -0.3 is 0 Å². The van der Waals surface area contributed by atoms with Crippen molar-refractivity contribution in [2.75, 3.05) is 11.1 Å². The molecule has 0 saturated heterocycles. The van der Waals surface area contributed by atoms with Gasteiger partial charge in [0.2, 0.25) is 0 Å². The summed E-state index contributed by atoms with van der Waals surface area (Å²) in [6.45, 7) is 2.13. The first-order valence-corrected chi connectivity index (χ1v) is 7.19. The maximum Gasteiger partial charge on any atom is 0.00721 e. The van der Waals surface area contributed by atoms with Crippen molar-refractivity contribution < 1.29 is 0 Å². The van der Waals surface area contributed by atoms with Crippen LogP contribution in [-0.2, 0) is 0 Å². The molecule has 14 heavy (non-hydrogen) atoms. The van der Waals surface area contributed by atoms with Crippen LogP contribution in [0, 0.1) is 6.92 Å². The summed E-state index contributed by atoms with van der Waals surface area (Å²) in [7, 11) is 0. The predicted molar refractivity (Wildman–Crippen MR) is 69.5 cm³/mol. The molecule has 78 valence electrons. The van der Waals surface area contributed by atoms with Gasteiger partial charge in [0, 0.05) is 10.2 Å². The largest absolute Gasteiger partial charge is 0.126 e. The van der Waals surface area contributed by atoms with Crippen LogP contribution in [0.15, 0.2) is 29.2 Å². The Balaban J connectivity index is 2.15. The van der Waals surface area contributed by atoms with E-state index in [2.05, 4.69) is 47.1 Å². The molecule has 0 radical (unpaired) electrons. The third kappa shape index (κ3) is 5.06. The van der Waals surface area contributed by atoms with Gasteiger partial charge in [-0.2, -0.15) is 0 Å². The molecule has 0 amide bonds. The number of thioether (sulfide) groups is 1. The SMILES string of the molecule is Cc1ccc(SCCCCCBr)cc1. The molecule has 0 nitrogen and oxygen atoms in total. The van der Waals surface area contributed by atoms with Gasteiger partial charge in [-0.05, 0) is 37.7 Å². The van der Waals surface area contributed by atoms with Crippen molar-refractivity contribution in [2.45, 2.75) is 31.1 Å². The van der Waals surface area contributed by atoms with E-state index in [0.29, 0.717) is 0 Å². The van der Waals surface area contributed by atoms with Crippen molar-refractivity contribution in [1.29, 1.82) is 0 Å². The molecule has 0 spiro atoms. The molecular formula is C12H17BrS. The molecule has 1 aromatic rings. The normalized spacial score (nSPS) is 10.4. The second-order valence-corrected chi connectivity index (χ2v) is 5.37. The van der Waals surface area contributed by atoms with Crippen LogP contribution in [0.2, 0.25) is 0 Å². The van der Waals surface area contributed by atoms with Crippen molar-refractivity contribution in [1.82, 2.24) is 0 Å². The van der Waals surface area contributed by atoms with Crippen LogP contribution in [0.25, 0.3) is 0 Å². The highest BCUT2D eigenvalue weighted by atomic mass is 79.9. The van der Waals surface area contributed by atoms with Gasteiger partial charge in [-0.25, -0.2) is 0 Å². The number of alkyl halides is 1. The average molecular weight is 273 g/mol. The van der Waals surface area contributed by atoms with Gasteiger partial charge in [-0.1, -0.05) is 40.0 Å². The molecule has 0 aromatic heterocycles. The minimum absolute atomic E-state index is 1.14. The third-order valence-electron chi connectivity index (χ3n) is 2.07. The number of halogens is 1. The Morgan fingerprint density at radius 1 is 1.07 bits per heavy atom. The van der Waals surface area contributed by atoms with Gasteiger partial charge in [-0.15, -0.1) is 11.8 Å². The van der Waals surface area contributed by atoms with Crippen molar-refractivity contribution >= 4 is 27.7 Å². The van der Waals surface area contributed by atoms with Gasteiger partial charge in [0.25, 0.3) is 0 Å². The molecule has 0 aliphatic carbocycles. The van der Waals surface area contributed by atoms with E-state index in [9.17, 15) is 0 Å². The van der Waals surface area contributed by atoms with Crippen LogP contribution in [0.5, 0.6) is 0 Å². The lowest BCUT2D eigenvalue weighted by molar-refractivity contribution is 0.788. The first-order chi connectivity index (χ1) is 6.83. The average Bonchev–Trinajstić information content (AvgIpc) is 2.21. The van der Waals surface area contributed by atoms with Crippen LogP contribution in [0.4, 0.5) is 0 Å². The summed E-state index contributed by atoms with van der Waals surface area (Å²) in [6, 6.07) is 8.79. The number of rotatable bonds is 6. The molecule has 1 aromatic carbocycles. The van der Waals surface area contributed by atoms with E-state index >= 15 is 0 Å². The molecule has 0 aliphatic rings. The van der Waals surface area contributed by atoms with E-state index in [1.165, 1.54) is 35.5 Å². The van der Waals surface area contributed by atoms with Crippen molar-refractivity contribution in [2.24, 2.45) is 0 Å². The highest BCUT2D eigenvalue weighted by Gasteiger charge is 1.93. The van der Waals surface area contributed by atoms with Crippen LogP contribution in [-0.4, -0.2) is 11.1 Å². The Hall–Kier alpha value is 0.0500. The van der Waals surface area contributed by atoms with Gasteiger partial charge >= 0.3 is 0 Å². The summed E-state index contributed by atoms with van der Waals surface area (Å²) in [5.41, 5.74) is 1.34. The van der Waals surface area contributed by atoms with Crippen LogP contribution in [0.3, 0.4) is 0 Å². The first kappa shape index (κ1) is 12.1. The minimum atomic E-state index is 1.14. The lowest BCUT2D eigenvalue weighted by Gasteiger charge is -2.01. The summed E-state index contributed by atoms with van der Waals surface area (Å²) in [5, 5.41) is 1.14. The Labute approximate surface area is 99.6 Å². The van der Waals surface area contributed by atoms with Crippen molar-refractivity contribution in [3.63, 3.8) is 0 Å². The highest BCUT2D eigenvalue weighted by Crippen LogP contribution is 2.19. The summed E-state index contributed by atoms with van der Waals surface area (Å²) in [4.78, 5) is 1.40. The lowest BCUT2D eigenvalue weighted by Crippen LogP contribution is -1.82. The molecule has 2 heteroatoms. The fraction of sp³-hybridized carbons (Fsp3) is 0.500. The van der Waals surface area contributed by atoms with Crippen molar-refractivity contribution in [3.05, 3.63) is 29.8 Å². The van der Waals surface area contributed by atoms with Gasteiger partial charge in [0.15, 0.2) is 0 Å². The highest BCUT2D eigenvalue weighted by molar-refractivity contribution is 9.09. The quantitative estimate of drug-likeness (QED) is 0.413. The molecule has 0 bridgehead atoms. The summed E-state index contributed by atoms with van der Waals surface area (Å²) in [5.74, 6) is 1.25. The maximum atomic E-state index is 3.45. The molecule has 0 aliphatic heterocycles. The lowest BCUT2D eigenvalue weighted by atomic mass is 10.2. The van der Waals surface area contributed by atoms with E-state index in [1.807, 2.05) is 11.8 Å². The smallest absolute Gasteiger partial charge is 0.00721 e. The first-order valence-electron chi connectivity index (χ1n) is 5.08. The Kier molecular flexibility index (Phi) is 6.37. The molecule has 0 saturated carbocycles. The fourth-order valence-corrected chi connectivity index (χ4v) is 2.51. The zero-order valence-electron chi connectivity index (χ0n) is 8.63. The Morgan fingerprint density at radius 2 is 1.79 bits per heavy atom. The number of hydrogen-bond acceptors (Lipinski definition) is 1. The molecule has 0 unspecified atom stereocenters. The minimum Gasteiger partial charge on any atom is -0.126 e. The zero-order valence-corrected chi connectivity index (χ0v) is 11.0. The second kappa shape index (κ2) is 7.36. The number of unbranched alkanes of at least 4 members (excludes halogenated alkanes) is 2. The van der Waals surface area contributed by atoms with Gasteiger partial charge in [0.1, 0.15) is 0 Å². The molecule has 1 rings (SSSR count). The second-order valence-electron chi connectivity index (χ2n) is 3.41. The number of hydrogen-bond donors (Lipinski definition) is 0.